The van der Waals surface area contributed by atoms with Crippen molar-refractivity contribution in [3.05, 3.63) is 29.3 Å². The van der Waals surface area contributed by atoms with Crippen molar-refractivity contribution in [2.45, 2.75) is 13.3 Å². The van der Waals surface area contributed by atoms with Crippen LogP contribution in [0.5, 0.6) is 5.75 Å². The first-order valence-electron chi connectivity index (χ1n) is 4.32. The van der Waals surface area contributed by atoms with E-state index in [1.807, 2.05) is 0 Å². The van der Waals surface area contributed by atoms with Gasteiger partial charge in [-0.15, -0.1) is 0 Å². The Kier molecular flexibility index (Phi) is 3.87. The number of benzene rings is 1. The van der Waals surface area contributed by atoms with Crippen LogP contribution in [-0.4, -0.2) is 18.8 Å². The van der Waals surface area contributed by atoms with Crippen LogP contribution < -0.4 is 4.74 Å². The summed E-state index contributed by atoms with van der Waals surface area (Å²) in [5, 5.41) is 0. The number of ether oxygens (including phenoxy) is 1. The quantitative estimate of drug-likeness (QED) is 0.593. The molecule has 0 atom stereocenters. The van der Waals surface area contributed by atoms with Crippen molar-refractivity contribution < 1.29 is 27.1 Å². The molecule has 0 aromatic heterocycles. The zero-order valence-electron chi connectivity index (χ0n) is 8.27. The summed E-state index contributed by atoms with van der Waals surface area (Å²) in [6.07, 6.45) is -2.80. The number of Topliss-reactive ketones (excluding diaryl/α,β-unsaturated/α-hetero) is 1. The Morgan fingerprint density at radius 2 is 2.00 bits per heavy atom. The van der Waals surface area contributed by atoms with Crippen LogP contribution in [-0.2, 0) is 0 Å². The fourth-order valence-corrected chi connectivity index (χ4v) is 1.11. The van der Waals surface area contributed by atoms with Gasteiger partial charge in [0.2, 0.25) is 0 Å². The van der Waals surface area contributed by atoms with Gasteiger partial charge in [-0.25, -0.2) is 17.6 Å². The molecule has 0 saturated heterocycles. The zero-order chi connectivity index (χ0) is 12.3. The Balaban J connectivity index is 3.09. The molecule has 2 nitrogen and oxygen atoms in total. The van der Waals surface area contributed by atoms with E-state index in [0.29, 0.717) is 6.07 Å². The van der Waals surface area contributed by atoms with E-state index in [2.05, 4.69) is 4.74 Å². The molecular weight excluding hydrogens is 228 g/mol. The molecule has 0 saturated carbocycles. The number of rotatable bonds is 4. The van der Waals surface area contributed by atoms with Gasteiger partial charge in [-0.1, -0.05) is 0 Å². The summed E-state index contributed by atoms with van der Waals surface area (Å²) >= 11 is 0. The molecule has 0 fully saturated rings. The Bertz CT molecular complexity index is 404. The predicted molar refractivity (Wildman–Crippen MR) is 47.9 cm³/mol. The molecule has 6 heteroatoms. The largest absolute Gasteiger partial charge is 0.484 e. The van der Waals surface area contributed by atoms with Gasteiger partial charge in [0.05, 0.1) is 5.56 Å². The lowest BCUT2D eigenvalue weighted by Crippen LogP contribution is -2.11. The maximum Gasteiger partial charge on any atom is 0.272 e. The summed E-state index contributed by atoms with van der Waals surface area (Å²) in [5.41, 5.74) is -0.391. The molecule has 16 heavy (non-hydrogen) atoms. The van der Waals surface area contributed by atoms with E-state index in [0.717, 1.165) is 13.0 Å². The second-order valence-corrected chi connectivity index (χ2v) is 3.02. The zero-order valence-corrected chi connectivity index (χ0v) is 8.27. The molecule has 0 aliphatic rings. The van der Waals surface area contributed by atoms with Gasteiger partial charge < -0.3 is 4.74 Å². The van der Waals surface area contributed by atoms with Gasteiger partial charge >= 0.3 is 0 Å². The van der Waals surface area contributed by atoms with Crippen LogP contribution in [0.15, 0.2) is 12.1 Å². The highest BCUT2D eigenvalue weighted by atomic mass is 19.3. The van der Waals surface area contributed by atoms with Gasteiger partial charge in [0, 0.05) is 6.07 Å². The average Bonchev–Trinajstić information content (AvgIpc) is 2.14. The molecular formula is C10H8F4O2. The highest BCUT2D eigenvalue weighted by Gasteiger charge is 2.17. The van der Waals surface area contributed by atoms with Crippen molar-refractivity contribution in [1.29, 1.82) is 0 Å². The van der Waals surface area contributed by atoms with Crippen molar-refractivity contribution in [3.63, 3.8) is 0 Å². The topological polar surface area (TPSA) is 26.3 Å². The first-order valence-corrected chi connectivity index (χ1v) is 4.32. The van der Waals surface area contributed by atoms with E-state index in [1.165, 1.54) is 0 Å². The maximum atomic E-state index is 13.2. The highest BCUT2D eigenvalue weighted by Crippen LogP contribution is 2.25. The minimum Gasteiger partial charge on any atom is -0.484 e. The van der Waals surface area contributed by atoms with E-state index in [1.54, 1.807) is 0 Å². The molecule has 1 aromatic carbocycles. The lowest BCUT2D eigenvalue weighted by atomic mass is 10.1. The normalized spacial score (nSPS) is 10.6. The van der Waals surface area contributed by atoms with Crippen LogP contribution in [0.1, 0.15) is 17.3 Å². The van der Waals surface area contributed by atoms with Crippen LogP contribution in [0.3, 0.4) is 0 Å². The molecule has 0 aliphatic heterocycles. The average molecular weight is 236 g/mol. The molecule has 1 rings (SSSR count). The molecule has 0 unspecified atom stereocenters. The standard InChI is InChI=1S/C10H8F4O2/c1-5(15)7-2-6(11)3-8(12)10(7)16-4-9(13)14/h2-3,9H,4H2,1H3. The van der Waals surface area contributed by atoms with Crippen molar-refractivity contribution in [2.24, 2.45) is 0 Å². The third-order valence-electron chi connectivity index (χ3n) is 1.74. The number of hydrogen-bond acceptors (Lipinski definition) is 2. The van der Waals surface area contributed by atoms with Gasteiger partial charge in [-0.05, 0) is 13.0 Å². The summed E-state index contributed by atoms with van der Waals surface area (Å²) < 4.78 is 54.1. The molecule has 0 aliphatic carbocycles. The SMILES string of the molecule is CC(=O)c1cc(F)cc(F)c1OCC(F)F. The van der Waals surface area contributed by atoms with Gasteiger partial charge in [0.25, 0.3) is 6.43 Å². The summed E-state index contributed by atoms with van der Waals surface area (Å²) in [7, 11) is 0. The molecule has 1 aromatic rings. The maximum absolute atomic E-state index is 13.2. The Hall–Kier alpha value is -1.59. The van der Waals surface area contributed by atoms with Crippen LogP contribution in [0.4, 0.5) is 17.6 Å². The third-order valence-corrected chi connectivity index (χ3v) is 1.74. The molecule has 0 radical (unpaired) electrons. The molecule has 0 N–H and O–H groups in total. The summed E-state index contributed by atoms with van der Waals surface area (Å²) in [6, 6.07) is 1.21. The van der Waals surface area contributed by atoms with Crippen molar-refractivity contribution in [2.75, 3.05) is 6.61 Å². The van der Waals surface area contributed by atoms with Crippen LogP contribution in [0.2, 0.25) is 0 Å². The number of carbonyl (C=O) groups excluding carboxylic acids is 1. The second kappa shape index (κ2) is 4.96. The Labute approximate surface area is 88.8 Å². The summed E-state index contributed by atoms with van der Waals surface area (Å²) in [4.78, 5) is 11.0. The van der Waals surface area contributed by atoms with Gasteiger partial charge in [-0.3, -0.25) is 4.79 Å². The van der Waals surface area contributed by atoms with E-state index in [-0.39, 0.29) is 0 Å². The molecule has 88 valence electrons. The van der Waals surface area contributed by atoms with Gasteiger partial charge in [0.1, 0.15) is 12.4 Å². The van der Waals surface area contributed by atoms with E-state index in [9.17, 15) is 22.4 Å². The number of halogens is 4. The number of hydrogen-bond donors (Lipinski definition) is 0. The lowest BCUT2D eigenvalue weighted by molar-refractivity contribution is 0.0781. The minimum atomic E-state index is -2.80. The molecule has 0 spiro atoms. The predicted octanol–water partition coefficient (Wildman–Crippen LogP) is 2.81. The van der Waals surface area contributed by atoms with Crippen LogP contribution >= 0.6 is 0 Å². The second-order valence-electron chi connectivity index (χ2n) is 3.02. The number of carbonyl (C=O) groups is 1. The lowest BCUT2D eigenvalue weighted by Gasteiger charge is -2.10. The summed E-state index contributed by atoms with van der Waals surface area (Å²) in [5.74, 6) is -3.45. The Morgan fingerprint density at radius 3 is 2.50 bits per heavy atom. The highest BCUT2D eigenvalue weighted by molar-refractivity contribution is 5.96. The minimum absolute atomic E-state index is 0.391. The molecule has 0 heterocycles. The first kappa shape index (κ1) is 12.5. The fraction of sp³-hybridized carbons (Fsp3) is 0.300. The van der Waals surface area contributed by atoms with E-state index in [4.69, 9.17) is 0 Å². The molecule has 0 amide bonds. The van der Waals surface area contributed by atoms with Crippen molar-refractivity contribution in [1.82, 2.24) is 0 Å². The van der Waals surface area contributed by atoms with E-state index < -0.39 is 41.8 Å². The fourth-order valence-electron chi connectivity index (χ4n) is 1.11. The van der Waals surface area contributed by atoms with Gasteiger partial charge in [-0.2, -0.15) is 0 Å². The third kappa shape index (κ3) is 2.95. The monoisotopic (exact) mass is 236 g/mol. The van der Waals surface area contributed by atoms with Crippen molar-refractivity contribution in [3.8, 4) is 5.75 Å². The molecule has 0 bridgehead atoms. The van der Waals surface area contributed by atoms with Crippen LogP contribution in [0.25, 0.3) is 0 Å². The number of ketones is 1. The smallest absolute Gasteiger partial charge is 0.272 e. The van der Waals surface area contributed by atoms with Crippen molar-refractivity contribution >= 4 is 5.78 Å². The van der Waals surface area contributed by atoms with E-state index >= 15 is 0 Å². The first-order chi connectivity index (χ1) is 7.41. The Morgan fingerprint density at radius 1 is 1.38 bits per heavy atom. The number of alkyl halides is 2. The van der Waals surface area contributed by atoms with Gasteiger partial charge in [0.15, 0.2) is 17.3 Å². The summed E-state index contributed by atoms with van der Waals surface area (Å²) in [6.45, 7) is 0.00623. The van der Waals surface area contributed by atoms with Crippen LogP contribution in [0, 0.1) is 11.6 Å².